The van der Waals surface area contributed by atoms with Gasteiger partial charge in [0, 0.05) is 0 Å². The van der Waals surface area contributed by atoms with Crippen molar-refractivity contribution in [1.82, 2.24) is 0 Å². The van der Waals surface area contributed by atoms with Crippen LogP contribution in [0, 0.1) is 11.3 Å². The van der Waals surface area contributed by atoms with Crippen molar-refractivity contribution in [2.75, 3.05) is 6.61 Å². The molecule has 0 atom stereocenters. The molecule has 0 unspecified atom stereocenters. The maximum Gasteiger partial charge on any atom is 0.360 e. The number of alkyl halides is 2. The Morgan fingerprint density at radius 3 is 2.08 bits per heavy atom. The number of rotatable bonds is 3. The number of hydrogen-bond acceptors (Lipinski definition) is 1. The van der Waals surface area contributed by atoms with E-state index in [0.717, 1.165) is 12.8 Å². The summed E-state index contributed by atoms with van der Waals surface area (Å²) in [6.07, 6.45) is -0.907. The quantitative estimate of drug-likeness (QED) is 0.645. The Balaban J connectivity index is 2.35. The molecule has 0 aromatic carbocycles. The summed E-state index contributed by atoms with van der Waals surface area (Å²) < 4.78 is 30.8. The first-order valence-electron chi connectivity index (χ1n) is 4.35. The summed E-state index contributed by atoms with van der Waals surface area (Å²) in [5, 5.41) is 0. The van der Waals surface area contributed by atoms with Gasteiger partial charge in [0.15, 0.2) is 0 Å². The second-order valence-electron chi connectivity index (χ2n) is 4.52. The third kappa shape index (κ3) is 2.41. The van der Waals surface area contributed by atoms with Crippen molar-refractivity contribution in [3.8, 4) is 0 Å². The first kappa shape index (κ1) is 9.90. The van der Waals surface area contributed by atoms with Gasteiger partial charge in [-0.1, -0.05) is 20.8 Å². The summed E-state index contributed by atoms with van der Waals surface area (Å²) in [7, 11) is 0. The Kier molecular flexibility index (Phi) is 2.43. The molecule has 0 heterocycles. The van der Waals surface area contributed by atoms with Crippen LogP contribution in [0.3, 0.4) is 0 Å². The van der Waals surface area contributed by atoms with Crippen molar-refractivity contribution in [3.63, 3.8) is 0 Å². The van der Waals surface area contributed by atoms with Crippen LogP contribution in [0.1, 0.15) is 33.6 Å². The van der Waals surface area contributed by atoms with Gasteiger partial charge in [-0.05, 0) is 18.8 Å². The predicted octanol–water partition coefficient (Wildman–Crippen LogP) is 3.05. The van der Waals surface area contributed by atoms with Gasteiger partial charge < -0.3 is 4.74 Å². The molecule has 0 spiro atoms. The maximum atomic E-state index is 13.1. The van der Waals surface area contributed by atoms with E-state index >= 15 is 0 Å². The van der Waals surface area contributed by atoms with Crippen LogP contribution < -0.4 is 0 Å². The second-order valence-corrected chi connectivity index (χ2v) is 4.52. The zero-order chi connectivity index (χ0) is 9.41. The van der Waals surface area contributed by atoms with E-state index in [4.69, 9.17) is 0 Å². The van der Waals surface area contributed by atoms with E-state index < -0.39 is 11.5 Å². The molecule has 12 heavy (non-hydrogen) atoms. The van der Waals surface area contributed by atoms with Gasteiger partial charge in [0.25, 0.3) is 0 Å². The number of ether oxygens (including phenoxy) is 1. The highest BCUT2D eigenvalue weighted by molar-refractivity contribution is 4.77. The average molecular weight is 178 g/mol. The third-order valence-electron chi connectivity index (χ3n) is 2.07. The van der Waals surface area contributed by atoms with Crippen LogP contribution in [0.5, 0.6) is 0 Å². The van der Waals surface area contributed by atoms with Gasteiger partial charge in [0.1, 0.15) is 0 Å². The first-order valence-corrected chi connectivity index (χ1v) is 4.35. The van der Waals surface area contributed by atoms with Crippen molar-refractivity contribution in [3.05, 3.63) is 0 Å². The minimum Gasteiger partial charge on any atom is -0.320 e. The van der Waals surface area contributed by atoms with Crippen LogP contribution in [0.25, 0.3) is 0 Å². The lowest BCUT2D eigenvalue weighted by Crippen LogP contribution is -2.37. The molecule has 0 aliphatic heterocycles. The fraction of sp³-hybridized carbons (Fsp3) is 1.00. The number of hydrogen-bond donors (Lipinski definition) is 0. The highest BCUT2D eigenvalue weighted by atomic mass is 19.3. The van der Waals surface area contributed by atoms with E-state index in [9.17, 15) is 8.78 Å². The third-order valence-corrected chi connectivity index (χ3v) is 2.07. The van der Waals surface area contributed by atoms with E-state index in [1.54, 1.807) is 0 Å². The Labute approximate surface area is 72.1 Å². The Morgan fingerprint density at radius 2 is 1.75 bits per heavy atom. The molecule has 0 aromatic heterocycles. The van der Waals surface area contributed by atoms with Crippen molar-refractivity contribution in [2.45, 2.75) is 39.7 Å². The molecule has 1 saturated carbocycles. The van der Waals surface area contributed by atoms with Gasteiger partial charge in [-0.15, -0.1) is 0 Å². The lowest BCUT2D eigenvalue weighted by Gasteiger charge is -2.29. The van der Waals surface area contributed by atoms with Gasteiger partial charge >= 0.3 is 6.11 Å². The van der Waals surface area contributed by atoms with Crippen molar-refractivity contribution in [2.24, 2.45) is 11.3 Å². The maximum absolute atomic E-state index is 13.1. The molecule has 1 nitrogen and oxygen atoms in total. The zero-order valence-electron chi connectivity index (χ0n) is 7.86. The normalized spacial score (nSPS) is 19.8. The smallest absolute Gasteiger partial charge is 0.320 e. The zero-order valence-corrected chi connectivity index (χ0v) is 7.86. The lowest BCUT2D eigenvalue weighted by atomic mass is 9.95. The van der Waals surface area contributed by atoms with Gasteiger partial charge in [0.05, 0.1) is 12.0 Å². The van der Waals surface area contributed by atoms with Crippen molar-refractivity contribution in [1.29, 1.82) is 0 Å². The van der Waals surface area contributed by atoms with Crippen LogP contribution in [0.15, 0.2) is 0 Å². The second kappa shape index (κ2) is 2.95. The summed E-state index contributed by atoms with van der Waals surface area (Å²) in [6, 6.07) is 0. The van der Waals surface area contributed by atoms with E-state index in [-0.39, 0.29) is 6.61 Å². The monoisotopic (exact) mass is 178 g/mol. The van der Waals surface area contributed by atoms with Crippen LogP contribution in [0.2, 0.25) is 0 Å². The van der Waals surface area contributed by atoms with Crippen LogP contribution >= 0.6 is 0 Å². The molecule has 3 heteroatoms. The predicted molar refractivity (Wildman–Crippen MR) is 43.1 cm³/mol. The molecule has 1 fully saturated rings. The van der Waals surface area contributed by atoms with Crippen LogP contribution in [-0.4, -0.2) is 12.7 Å². The minimum atomic E-state index is -2.99. The fourth-order valence-corrected chi connectivity index (χ4v) is 0.724. The molecular formula is C9H16F2O. The molecule has 0 N–H and O–H groups in total. The summed E-state index contributed by atoms with van der Waals surface area (Å²) in [5.74, 6) is 0.387. The Hall–Kier alpha value is -0.180. The summed E-state index contributed by atoms with van der Waals surface area (Å²) in [5.41, 5.74) is -1.10. The lowest BCUT2D eigenvalue weighted by molar-refractivity contribution is -0.296. The van der Waals surface area contributed by atoms with E-state index in [0.29, 0.717) is 5.92 Å². The van der Waals surface area contributed by atoms with Crippen molar-refractivity contribution >= 4 is 0 Å². The van der Waals surface area contributed by atoms with E-state index in [1.165, 1.54) is 20.8 Å². The molecule has 1 rings (SSSR count). The summed E-state index contributed by atoms with van der Waals surface area (Å²) in [6.45, 7) is 4.67. The SMILES string of the molecule is CC(C)(C)C(F)(F)OCC1CC1. The molecule has 1 aliphatic carbocycles. The average Bonchev–Trinajstić information content (AvgIpc) is 2.62. The van der Waals surface area contributed by atoms with Gasteiger partial charge in [-0.2, -0.15) is 8.78 Å². The Morgan fingerprint density at radius 1 is 1.25 bits per heavy atom. The topological polar surface area (TPSA) is 9.23 Å². The van der Waals surface area contributed by atoms with E-state index in [2.05, 4.69) is 4.74 Å². The molecule has 1 aliphatic rings. The minimum absolute atomic E-state index is 0.213. The first-order chi connectivity index (χ1) is 5.33. The molecule has 72 valence electrons. The molecule has 0 aromatic rings. The van der Waals surface area contributed by atoms with Crippen LogP contribution in [0.4, 0.5) is 8.78 Å². The van der Waals surface area contributed by atoms with Crippen LogP contribution in [-0.2, 0) is 4.74 Å². The highest BCUT2D eigenvalue weighted by Crippen LogP contribution is 2.39. The molecule has 0 radical (unpaired) electrons. The molecule has 0 saturated heterocycles. The Bertz CT molecular complexity index is 156. The standard InChI is InChI=1S/C9H16F2O/c1-8(2,3)9(10,11)12-6-7-4-5-7/h7H,4-6H2,1-3H3. The molecular weight excluding hydrogens is 162 g/mol. The largest absolute Gasteiger partial charge is 0.360 e. The van der Waals surface area contributed by atoms with Gasteiger partial charge in [-0.25, -0.2) is 0 Å². The number of halogens is 2. The van der Waals surface area contributed by atoms with E-state index in [1.807, 2.05) is 0 Å². The van der Waals surface area contributed by atoms with Gasteiger partial charge in [0.2, 0.25) is 0 Å². The fourth-order valence-electron chi connectivity index (χ4n) is 0.724. The van der Waals surface area contributed by atoms with Crippen molar-refractivity contribution < 1.29 is 13.5 Å². The molecule has 0 bridgehead atoms. The summed E-state index contributed by atoms with van der Waals surface area (Å²) >= 11 is 0. The summed E-state index contributed by atoms with van der Waals surface area (Å²) in [4.78, 5) is 0. The highest BCUT2D eigenvalue weighted by Gasteiger charge is 2.45. The van der Waals surface area contributed by atoms with Gasteiger partial charge in [-0.3, -0.25) is 0 Å². The molecule has 0 amide bonds.